The normalized spacial score (nSPS) is 12.9. The maximum Gasteiger partial charge on any atom is 0.0774 e. The monoisotopic (exact) mass is 217 g/mol. The SMILES string of the molecule is OCC(O)CCc1nccc2ccccc12. The molecule has 16 heavy (non-hydrogen) atoms. The summed E-state index contributed by atoms with van der Waals surface area (Å²) in [7, 11) is 0. The molecular weight excluding hydrogens is 202 g/mol. The molecule has 1 aromatic heterocycles. The van der Waals surface area contributed by atoms with Gasteiger partial charge in [-0.05, 0) is 24.3 Å². The van der Waals surface area contributed by atoms with Crippen molar-refractivity contribution in [3.05, 3.63) is 42.2 Å². The molecule has 0 fully saturated rings. The lowest BCUT2D eigenvalue weighted by atomic mass is 10.1. The van der Waals surface area contributed by atoms with Gasteiger partial charge in [0.05, 0.1) is 12.7 Å². The summed E-state index contributed by atoms with van der Waals surface area (Å²) in [6.45, 7) is -0.190. The molecule has 1 heterocycles. The fraction of sp³-hybridized carbons (Fsp3) is 0.308. The lowest BCUT2D eigenvalue weighted by Crippen LogP contribution is -2.13. The minimum absolute atomic E-state index is 0.190. The highest BCUT2D eigenvalue weighted by Crippen LogP contribution is 2.17. The molecule has 3 heteroatoms. The van der Waals surface area contributed by atoms with Crippen molar-refractivity contribution in [3.8, 4) is 0 Å². The van der Waals surface area contributed by atoms with Gasteiger partial charge in [0.2, 0.25) is 0 Å². The molecule has 0 saturated heterocycles. The zero-order chi connectivity index (χ0) is 11.4. The largest absolute Gasteiger partial charge is 0.394 e. The molecule has 0 amide bonds. The molecule has 1 aromatic carbocycles. The van der Waals surface area contributed by atoms with Crippen LogP contribution in [0.3, 0.4) is 0 Å². The van der Waals surface area contributed by atoms with Crippen molar-refractivity contribution in [3.63, 3.8) is 0 Å². The summed E-state index contributed by atoms with van der Waals surface area (Å²) in [5, 5.41) is 20.3. The molecule has 2 N–H and O–H groups in total. The van der Waals surface area contributed by atoms with Gasteiger partial charge < -0.3 is 10.2 Å². The molecule has 1 unspecified atom stereocenters. The second-order valence-electron chi connectivity index (χ2n) is 3.85. The highest BCUT2D eigenvalue weighted by atomic mass is 16.3. The number of hydrogen-bond donors (Lipinski definition) is 2. The summed E-state index contributed by atoms with van der Waals surface area (Å²) in [6.07, 6.45) is 2.35. The summed E-state index contributed by atoms with van der Waals surface area (Å²) >= 11 is 0. The van der Waals surface area contributed by atoms with Crippen LogP contribution in [0.5, 0.6) is 0 Å². The first kappa shape index (κ1) is 11.0. The fourth-order valence-corrected chi connectivity index (χ4v) is 1.78. The Morgan fingerprint density at radius 2 is 2.00 bits per heavy atom. The molecule has 0 radical (unpaired) electrons. The van der Waals surface area contributed by atoms with Crippen molar-refractivity contribution in [1.82, 2.24) is 4.98 Å². The van der Waals surface area contributed by atoms with E-state index in [4.69, 9.17) is 5.11 Å². The average Bonchev–Trinajstić information content (AvgIpc) is 2.35. The number of hydrogen-bond acceptors (Lipinski definition) is 3. The van der Waals surface area contributed by atoms with Crippen LogP contribution in [-0.2, 0) is 6.42 Å². The standard InChI is InChI=1S/C13H15NO2/c15-9-11(16)5-6-13-12-4-2-1-3-10(12)7-8-14-13/h1-4,7-8,11,15-16H,5-6,9H2. The summed E-state index contributed by atoms with van der Waals surface area (Å²) < 4.78 is 0. The van der Waals surface area contributed by atoms with Gasteiger partial charge in [-0.25, -0.2) is 0 Å². The van der Waals surface area contributed by atoms with E-state index in [1.165, 1.54) is 0 Å². The Morgan fingerprint density at radius 3 is 2.81 bits per heavy atom. The number of pyridine rings is 1. The number of benzene rings is 1. The van der Waals surface area contributed by atoms with Crippen molar-refractivity contribution in [1.29, 1.82) is 0 Å². The highest BCUT2D eigenvalue weighted by Gasteiger charge is 2.06. The number of aromatic nitrogens is 1. The molecule has 2 aromatic rings. The first-order chi connectivity index (χ1) is 7.81. The molecule has 0 spiro atoms. The van der Waals surface area contributed by atoms with E-state index in [-0.39, 0.29) is 6.61 Å². The van der Waals surface area contributed by atoms with Crippen LogP contribution in [0, 0.1) is 0 Å². The summed E-state index contributed by atoms with van der Waals surface area (Å²) in [5.41, 5.74) is 0.977. The van der Waals surface area contributed by atoms with Crippen LogP contribution < -0.4 is 0 Å². The van der Waals surface area contributed by atoms with Gasteiger partial charge >= 0.3 is 0 Å². The Hall–Kier alpha value is -1.45. The topological polar surface area (TPSA) is 53.4 Å². The van der Waals surface area contributed by atoms with Crippen LogP contribution in [0.25, 0.3) is 10.8 Å². The smallest absolute Gasteiger partial charge is 0.0774 e. The van der Waals surface area contributed by atoms with Gasteiger partial charge in [-0.15, -0.1) is 0 Å². The van der Waals surface area contributed by atoms with Gasteiger partial charge in [0.15, 0.2) is 0 Å². The van der Waals surface area contributed by atoms with Crippen LogP contribution in [-0.4, -0.2) is 27.9 Å². The van der Waals surface area contributed by atoms with E-state index in [2.05, 4.69) is 4.98 Å². The number of aliphatic hydroxyl groups excluding tert-OH is 2. The van der Waals surface area contributed by atoms with Crippen LogP contribution in [0.15, 0.2) is 36.5 Å². The predicted octanol–water partition coefficient (Wildman–Crippen LogP) is 1.52. The van der Waals surface area contributed by atoms with E-state index < -0.39 is 6.10 Å². The summed E-state index contributed by atoms with van der Waals surface area (Å²) in [6, 6.07) is 10.0. The minimum Gasteiger partial charge on any atom is -0.394 e. The lowest BCUT2D eigenvalue weighted by Gasteiger charge is -2.08. The van der Waals surface area contributed by atoms with Crippen LogP contribution in [0.2, 0.25) is 0 Å². The zero-order valence-electron chi connectivity index (χ0n) is 9.00. The van der Waals surface area contributed by atoms with E-state index in [1.807, 2.05) is 30.3 Å². The fourth-order valence-electron chi connectivity index (χ4n) is 1.78. The molecule has 0 bridgehead atoms. The molecule has 84 valence electrons. The third kappa shape index (κ3) is 2.38. The lowest BCUT2D eigenvalue weighted by molar-refractivity contribution is 0.0884. The van der Waals surface area contributed by atoms with Crippen LogP contribution in [0.4, 0.5) is 0 Å². The molecule has 3 nitrogen and oxygen atoms in total. The Kier molecular flexibility index (Phi) is 3.49. The van der Waals surface area contributed by atoms with E-state index in [1.54, 1.807) is 6.20 Å². The second kappa shape index (κ2) is 5.05. The molecule has 1 atom stereocenters. The average molecular weight is 217 g/mol. The van der Waals surface area contributed by atoms with Gasteiger partial charge in [0, 0.05) is 17.3 Å². The van der Waals surface area contributed by atoms with E-state index in [0.717, 1.165) is 16.5 Å². The zero-order valence-corrected chi connectivity index (χ0v) is 9.00. The number of aryl methyl sites for hydroxylation is 1. The van der Waals surface area contributed by atoms with E-state index >= 15 is 0 Å². The van der Waals surface area contributed by atoms with Crippen LogP contribution >= 0.6 is 0 Å². The maximum absolute atomic E-state index is 9.31. The molecule has 0 aliphatic carbocycles. The molecule has 0 aliphatic rings. The van der Waals surface area contributed by atoms with Gasteiger partial charge in [-0.2, -0.15) is 0 Å². The Morgan fingerprint density at radius 1 is 1.19 bits per heavy atom. The van der Waals surface area contributed by atoms with Crippen molar-refractivity contribution in [2.75, 3.05) is 6.61 Å². The van der Waals surface area contributed by atoms with Crippen molar-refractivity contribution in [2.24, 2.45) is 0 Å². The first-order valence-electron chi connectivity index (χ1n) is 5.43. The van der Waals surface area contributed by atoms with Crippen molar-refractivity contribution >= 4 is 10.8 Å². The maximum atomic E-state index is 9.31. The van der Waals surface area contributed by atoms with Gasteiger partial charge in [-0.3, -0.25) is 4.98 Å². The Labute approximate surface area is 94.4 Å². The van der Waals surface area contributed by atoms with Crippen LogP contribution in [0.1, 0.15) is 12.1 Å². The van der Waals surface area contributed by atoms with E-state index in [0.29, 0.717) is 12.8 Å². The third-order valence-electron chi connectivity index (χ3n) is 2.68. The Balaban J connectivity index is 2.23. The highest BCUT2D eigenvalue weighted by molar-refractivity contribution is 5.84. The van der Waals surface area contributed by atoms with Gasteiger partial charge in [0.1, 0.15) is 0 Å². The Bertz CT molecular complexity index is 465. The summed E-state index contributed by atoms with van der Waals surface area (Å²) in [4.78, 5) is 4.32. The van der Waals surface area contributed by atoms with Gasteiger partial charge in [-0.1, -0.05) is 24.3 Å². The molecular formula is C13H15NO2. The van der Waals surface area contributed by atoms with Crippen molar-refractivity contribution in [2.45, 2.75) is 18.9 Å². The number of rotatable bonds is 4. The predicted molar refractivity (Wildman–Crippen MR) is 63.2 cm³/mol. The molecule has 0 aliphatic heterocycles. The number of fused-ring (bicyclic) bond motifs is 1. The minimum atomic E-state index is -0.652. The number of aliphatic hydroxyl groups is 2. The van der Waals surface area contributed by atoms with Gasteiger partial charge in [0.25, 0.3) is 0 Å². The van der Waals surface area contributed by atoms with Crippen molar-refractivity contribution < 1.29 is 10.2 Å². The first-order valence-corrected chi connectivity index (χ1v) is 5.43. The second-order valence-corrected chi connectivity index (χ2v) is 3.85. The number of nitrogens with zero attached hydrogens (tertiary/aromatic N) is 1. The molecule has 2 rings (SSSR count). The summed E-state index contributed by atoms with van der Waals surface area (Å²) in [5.74, 6) is 0. The quantitative estimate of drug-likeness (QED) is 0.816. The molecule has 0 saturated carbocycles. The third-order valence-corrected chi connectivity index (χ3v) is 2.68. The van der Waals surface area contributed by atoms with E-state index in [9.17, 15) is 5.11 Å².